The predicted octanol–water partition coefficient (Wildman–Crippen LogP) is 1.64. The second-order valence-electron chi connectivity index (χ2n) is 4.41. The fourth-order valence-electron chi connectivity index (χ4n) is 2.29. The van der Waals surface area contributed by atoms with Crippen molar-refractivity contribution in [3.05, 3.63) is 17.7 Å². The zero-order chi connectivity index (χ0) is 10.8. The van der Waals surface area contributed by atoms with Crippen molar-refractivity contribution in [1.29, 1.82) is 0 Å². The first-order chi connectivity index (χ1) is 7.92. The van der Waals surface area contributed by atoms with Crippen LogP contribution in [-0.2, 0) is 11.2 Å². The third-order valence-electron chi connectivity index (χ3n) is 3.24. The Morgan fingerprint density at radius 1 is 1.31 bits per heavy atom. The maximum Gasteiger partial charge on any atom is 0.131 e. The van der Waals surface area contributed by atoms with Gasteiger partial charge in [-0.15, -0.1) is 0 Å². The van der Waals surface area contributed by atoms with Crippen molar-refractivity contribution in [2.24, 2.45) is 0 Å². The maximum atomic E-state index is 5.34. The molecule has 0 aromatic carbocycles. The predicted molar refractivity (Wildman–Crippen MR) is 63.9 cm³/mol. The summed E-state index contributed by atoms with van der Waals surface area (Å²) < 4.78 is 5.34. The van der Waals surface area contributed by atoms with Gasteiger partial charge < -0.3 is 15.4 Å². The average molecular weight is 219 g/mol. The Morgan fingerprint density at radius 2 is 2.19 bits per heavy atom. The van der Waals surface area contributed by atoms with Crippen molar-refractivity contribution in [1.82, 2.24) is 4.98 Å². The fourth-order valence-corrected chi connectivity index (χ4v) is 2.29. The number of ether oxygens (including phenoxy) is 1. The van der Waals surface area contributed by atoms with Crippen LogP contribution in [0.15, 0.2) is 12.1 Å². The van der Waals surface area contributed by atoms with Gasteiger partial charge in [0.25, 0.3) is 0 Å². The van der Waals surface area contributed by atoms with Gasteiger partial charge in [-0.05, 0) is 30.9 Å². The first kappa shape index (κ1) is 9.90. The third kappa shape index (κ3) is 1.97. The van der Waals surface area contributed by atoms with Crippen LogP contribution in [0.2, 0.25) is 0 Å². The minimum absolute atomic E-state index is 0.515. The van der Waals surface area contributed by atoms with Crippen LogP contribution in [0.25, 0.3) is 0 Å². The Bertz CT molecular complexity index is 375. The molecule has 0 bridgehead atoms. The van der Waals surface area contributed by atoms with Gasteiger partial charge in [-0.2, -0.15) is 0 Å². The molecular formula is C12H17N3O. The molecule has 4 heteroatoms. The van der Waals surface area contributed by atoms with Crippen molar-refractivity contribution in [3.8, 4) is 0 Å². The highest BCUT2D eigenvalue weighted by Crippen LogP contribution is 2.22. The lowest BCUT2D eigenvalue weighted by Crippen LogP contribution is -2.28. The van der Waals surface area contributed by atoms with Crippen LogP contribution in [0.3, 0.4) is 0 Å². The standard InChI is InChI=1S/C12H17N3O/c1-2-11(14-10-4-7-16-8-5-10)15-12-9(1)3-6-13-12/h1-2,10H,3-8H2,(H2,13,14,15). The van der Waals surface area contributed by atoms with E-state index >= 15 is 0 Å². The normalized spacial score (nSPS) is 20.2. The number of nitrogens with one attached hydrogen (secondary N) is 2. The van der Waals surface area contributed by atoms with Gasteiger partial charge in [0.15, 0.2) is 0 Å². The summed E-state index contributed by atoms with van der Waals surface area (Å²) in [5.41, 5.74) is 1.33. The van der Waals surface area contributed by atoms with Crippen molar-refractivity contribution in [3.63, 3.8) is 0 Å². The zero-order valence-electron chi connectivity index (χ0n) is 9.33. The van der Waals surface area contributed by atoms with E-state index in [2.05, 4.69) is 27.8 Å². The summed E-state index contributed by atoms with van der Waals surface area (Å²) in [5, 5.41) is 6.78. The highest BCUT2D eigenvalue weighted by molar-refractivity contribution is 5.54. The number of anilines is 2. The summed E-state index contributed by atoms with van der Waals surface area (Å²) in [6.07, 6.45) is 3.25. The average Bonchev–Trinajstić information content (AvgIpc) is 2.77. The van der Waals surface area contributed by atoms with Gasteiger partial charge in [-0.3, -0.25) is 0 Å². The molecule has 4 nitrogen and oxygen atoms in total. The molecule has 1 aromatic heterocycles. The van der Waals surface area contributed by atoms with Crippen LogP contribution >= 0.6 is 0 Å². The Morgan fingerprint density at radius 3 is 3.06 bits per heavy atom. The SMILES string of the molecule is c1cc2c(nc1NC1CCOCC1)NCC2. The molecule has 0 saturated carbocycles. The highest BCUT2D eigenvalue weighted by Gasteiger charge is 2.16. The Hall–Kier alpha value is -1.29. The molecule has 2 aliphatic heterocycles. The van der Waals surface area contributed by atoms with Crippen LogP contribution in [0.5, 0.6) is 0 Å². The molecule has 0 aliphatic carbocycles. The van der Waals surface area contributed by atoms with E-state index in [1.807, 2.05) is 0 Å². The second-order valence-corrected chi connectivity index (χ2v) is 4.41. The molecule has 1 saturated heterocycles. The van der Waals surface area contributed by atoms with Gasteiger partial charge in [0.05, 0.1) is 0 Å². The molecule has 0 unspecified atom stereocenters. The molecule has 0 atom stereocenters. The number of pyridine rings is 1. The number of aromatic nitrogens is 1. The molecule has 0 spiro atoms. The quantitative estimate of drug-likeness (QED) is 0.793. The highest BCUT2D eigenvalue weighted by atomic mass is 16.5. The lowest BCUT2D eigenvalue weighted by atomic mass is 10.1. The third-order valence-corrected chi connectivity index (χ3v) is 3.24. The number of rotatable bonds is 2. The summed E-state index contributed by atoms with van der Waals surface area (Å²) in [5.74, 6) is 2.04. The van der Waals surface area contributed by atoms with Gasteiger partial charge in [0.1, 0.15) is 11.6 Å². The van der Waals surface area contributed by atoms with E-state index < -0.39 is 0 Å². The van der Waals surface area contributed by atoms with Gasteiger partial charge in [0, 0.05) is 25.8 Å². The Labute approximate surface area is 95.4 Å². The van der Waals surface area contributed by atoms with Crippen LogP contribution in [0, 0.1) is 0 Å². The van der Waals surface area contributed by atoms with Crippen LogP contribution in [0.1, 0.15) is 18.4 Å². The van der Waals surface area contributed by atoms with E-state index in [0.717, 1.165) is 50.7 Å². The van der Waals surface area contributed by atoms with Crippen molar-refractivity contribution < 1.29 is 4.74 Å². The molecule has 1 aromatic rings. The van der Waals surface area contributed by atoms with Crippen molar-refractivity contribution in [2.75, 3.05) is 30.4 Å². The van der Waals surface area contributed by atoms with E-state index in [0.29, 0.717) is 6.04 Å². The van der Waals surface area contributed by atoms with Crippen LogP contribution < -0.4 is 10.6 Å². The minimum atomic E-state index is 0.515. The van der Waals surface area contributed by atoms with Gasteiger partial charge in [-0.25, -0.2) is 4.98 Å². The van der Waals surface area contributed by atoms with E-state index in [-0.39, 0.29) is 0 Å². The number of nitrogens with zero attached hydrogens (tertiary/aromatic N) is 1. The number of hydrogen-bond acceptors (Lipinski definition) is 4. The summed E-state index contributed by atoms with van der Waals surface area (Å²) in [7, 11) is 0. The molecule has 16 heavy (non-hydrogen) atoms. The Kier molecular flexibility index (Phi) is 2.66. The molecule has 3 heterocycles. The van der Waals surface area contributed by atoms with E-state index in [1.54, 1.807) is 0 Å². The first-order valence-electron chi connectivity index (χ1n) is 6.00. The van der Waals surface area contributed by atoms with E-state index in [4.69, 9.17) is 4.74 Å². The lowest BCUT2D eigenvalue weighted by molar-refractivity contribution is 0.0904. The summed E-state index contributed by atoms with van der Waals surface area (Å²) in [6.45, 7) is 2.74. The smallest absolute Gasteiger partial charge is 0.131 e. The Balaban J connectivity index is 1.69. The van der Waals surface area contributed by atoms with Gasteiger partial charge in [-0.1, -0.05) is 6.07 Å². The van der Waals surface area contributed by atoms with Crippen LogP contribution in [0.4, 0.5) is 11.6 Å². The summed E-state index contributed by atoms with van der Waals surface area (Å²) in [4.78, 5) is 4.58. The van der Waals surface area contributed by atoms with Gasteiger partial charge in [0.2, 0.25) is 0 Å². The second kappa shape index (κ2) is 4.29. The van der Waals surface area contributed by atoms with Crippen molar-refractivity contribution >= 4 is 11.6 Å². The molecular weight excluding hydrogens is 202 g/mol. The van der Waals surface area contributed by atoms with Gasteiger partial charge >= 0.3 is 0 Å². The molecule has 3 rings (SSSR count). The summed E-state index contributed by atoms with van der Waals surface area (Å²) in [6, 6.07) is 4.77. The lowest BCUT2D eigenvalue weighted by Gasteiger charge is -2.23. The molecule has 0 amide bonds. The summed E-state index contributed by atoms with van der Waals surface area (Å²) >= 11 is 0. The molecule has 0 radical (unpaired) electrons. The number of fused-ring (bicyclic) bond motifs is 1. The molecule has 1 fully saturated rings. The molecule has 86 valence electrons. The van der Waals surface area contributed by atoms with Crippen molar-refractivity contribution in [2.45, 2.75) is 25.3 Å². The van der Waals surface area contributed by atoms with E-state index in [9.17, 15) is 0 Å². The minimum Gasteiger partial charge on any atom is -0.381 e. The monoisotopic (exact) mass is 219 g/mol. The maximum absolute atomic E-state index is 5.34. The number of hydrogen-bond donors (Lipinski definition) is 2. The fraction of sp³-hybridized carbons (Fsp3) is 0.583. The van der Waals surface area contributed by atoms with Crippen LogP contribution in [-0.4, -0.2) is 30.8 Å². The molecule has 2 aliphatic rings. The van der Waals surface area contributed by atoms with E-state index in [1.165, 1.54) is 5.56 Å². The molecule has 2 N–H and O–H groups in total. The largest absolute Gasteiger partial charge is 0.381 e. The first-order valence-corrected chi connectivity index (χ1v) is 6.00. The zero-order valence-corrected chi connectivity index (χ0v) is 9.33. The topological polar surface area (TPSA) is 46.2 Å².